The first-order valence-corrected chi connectivity index (χ1v) is 12.2. The predicted octanol–water partition coefficient (Wildman–Crippen LogP) is 2.51. The minimum absolute atomic E-state index is 0.264. The van der Waals surface area contributed by atoms with Crippen LogP contribution in [0, 0.1) is 6.92 Å². The lowest BCUT2D eigenvalue weighted by Crippen LogP contribution is -2.47. The third-order valence-corrected chi connectivity index (χ3v) is 6.90. The van der Waals surface area contributed by atoms with Crippen molar-refractivity contribution in [2.75, 3.05) is 64.5 Å². The molecule has 1 N–H and O–H groups in total. The Balaban J connectivity index is 1.40. The molecule has 0 radical (unpaired) electrons. The summed E-state index contributed by atoms with van der Waals surface area (Å²) in [6.45, 7) is 8.04. The summed E-state index contributed by atoms with van der Waals surface area (Å²) in [5, 5.41) is 0. The lowest BCUT2D eigenvalue weighted by Gasteiger charge is -2.36. The van der Waals surface area contributed by atoms with Crippen LogP contribution < -0.4 is 14.4 Å². The number of aryl methyl sites for hydroxylation is 1. The maximum absolute atomic E-state index is 12.6. The Morgan fingerprint density at radius 2 is 1.74 bits per heavy atom. The van der Waals surface area contributed by atoms with Crippen LogP contribution in [-0.2, 0) is 14.8 Å². The van der Waals surface area contributed by atoms with Crippen molar-refractivity contribution < 1.29 is 17.9 Å². The van der Waals surface area contributed by atoms with Gasteiger partial charge in [-0.1, -0.05) is 18.2 Å². The second-order valence-corrected chi connectivity index (χ2v) is 9.45. The number of nitrogens with zero attached hydrogens (tertiary/aromatic N) is 2. The van der Waals surface area contributed by atoms with Crippen molar-refractivity contribution in [2.45, 2.75) is 18.2 Å². The molecule has 1 aliphatic heterocycles. The minimum atomic E-state index is -3.53. The van der Waals surface area contributed by atoms with Crippen LogP contribution in [0.4, 0.5) is 5.69 Å². The van der Waals surface area contributed by atoms with Crippen LogP contribution in [0.25, 0.3) is 0 Å². The lowest BCUT2D eigenvalue weighted by molar-refractivity contribution is 0.146. The van der Waals surface area contributed by atoms with Crippen molar-refractivity contribution in [3.8, 4) is 5.75 Å². The number of hydrogen-bond acceptors (Lipinski definition) is 6. The number of benzene rings is 2. The molecule has 1 aliphatic rings. The zero-order valence-corrected chi connectivity index (χ0v) is 19.2. The number of piperazine rings is 1. The first-order valence-electron chi connectivity index (χ1n) is 10.7. The third kappa shape index (κ3) is 6.93. The number of ether oxygens (including phenoxy) is 2. The molecule has 0 unspecified atom stereocenters. The van der Waals surface area contributed by atoms with Crippen molar-refractivity contribution >= 4 is 15.7 Å². The SMILES string of the molecule is COCCOc1ccc(S(=O)(=O)NCCCN2CCN(c3ccccc3)CC2)cc1C. The molecule has 0 bridgehead atoms. The van der Waals surface area contributed by atoms with Crippen LogP contribution in [0.15, 0.2) is 53.4 Å². The van der Waals surface area contributed by atoms with Crippen molar-refractivity contribution in [1.29, 1.82) is 0 Å². The quantitative estimate of drug-likeness (QED) is 0.534. The van der Waals surface area contributed by atoms with Crippen LogP contribution >= 0.6 is 0 Å². The van der Waals surface area contributed by atoms with Gasteiger partial charge in [0.05, 0.1) is 11.5 Å². The average molecular weight is 448 g/mol. The van der Waals surface area contributed by atoms with E-state index in [2.05, 4.69) is 38.8 Å². The summed E-state index contributed by atoms with van der Waals surface area (Å²) in [6.07, 6.45) is 0.780. The molecule has 2 aromatic carbocycles. The fraction of sp³-hybridized carbons (Fsp3) is 0.478. The van der Waals surface area contributed by atoms with Crippen molar-refractivity contribution in [2.24, 2.45) is 0 Å². The fourth-order valence-electron chi connectivity index (χ4n) is 3.65. The van der Waals surface area contributed by atoms with Gasteiger partial charge in [-0.25, -0.2) is 13.1 Å². The summed E-state index contributed by atoms with van der Waals surface area (Å²) in [4.78, 5) is 5.05. The third-order valence-electron chi connectivity index (χ3n) is 5.44. The second kappa shape index (κ2) is 11.5. The van der Waals surface area contributed by atoms with E-state index in [1.165, 1.54) is 5.69 Å². The van der Waals surface area contributed by atoms with E-state index < -0.39 is 10.0 Å². The molecule has 1 fully saturated rings. The summed E-state index contributed by atoms with van der Waals surface area (Å²) in [5.41, 5.74) is 2.05. The molecule has 0 amide bonds. The number of rotatable bonds is 11. The maximum Gasteiger partial charge on any atom is 0.240 e. The van der Waals surface area contributed by atoms with Crippen LogP contribution in [0.2, 0.25) is 0 Å². The number of hydrogen-bond donors (Lipinski definition) is 1. The molecule has 0 spiro atoms. The van der Waals surface area contributed by atoms with Gasteiger partial charge in [0, 0.05) is 45.5 Å². The summed E-state index contributed by atoms with van der Waals surface area (Å²) in [5.74, 6) is 0.672. The highest BCUT2D eigenvalue weighted by atomic mass is 32.2. The minimum Gasteiger partial charge on any atom is -0.491 e. The van der Waals surface area contributed by atoms with Crippen LogP contribution in [-0.4, -0.2) is 72.9 Å². The van der Waals surface area contributed by atoms with Crippen molar-refractivity contribution in [3.63, 3.8) is 0 Å². The Morgan fingerprint density at radius 1 is 1.00 bits per heavy atom. The maximum atomic E-state index is 12.6. The van der Waals surface area contributed by atoms with Gasteiger partial charge >= 0.3 is 0 Å². The summed E-state index contributed by atoms with van der Waals surface area (Å²) < 4.78 is 38.5. The highest BCUT2D eigenvalue weighted by Crippen LogP contribution is 2.22. The second-order valence-electron chi connectivity index (χ2n) is 7.68. The van der Waals surface area contributed by atoms with E-state index in [-0.39, 0.29) is 4.90 Å². The molecule has 1 saturated heterocycles. The Bertz CT molecular complexity index is 914. The summed E-state index contributed by atoms with van der Waals surface area (Å²) >= 11 is 0. The molecule has 0 atom stereocenters. The monoisotopic (exact) mass is 447 g/mol. The number of nitrogens with one attached hydrogen (secondary N) is 1. The van der Waals surface area contributed by atoms with E-state index in [0.29, 0.717) is 25.5 Å². The Labute approximate surface area is 186 Å². The molecular weight excluding hydrogens is 414 g/mol. The van der Waals surface area contributed by atoms with Gasteiger partial charge in [0.2, 0.25) is 10.0 Å². The van der Waals surface area contributed by atoms with Gasteiger partial charge in [-0.3, -0.25) is 4.90 Å². The lowest BCUT2D eigenvalue weighted by atomic mass is 10.2. The van der Waals surface area contributed by atoms with Crippen molar-refractivity contribution in [3.05, 3.63) is 54.1 Å². The molecular formula is C23H33N3O4S. The molecule has 3 rings (SSSR count). The highest BCUT2D eigenvalue weighted by Gasteiger charge is 2.18. The van der Waals surface area contributed by atoms with Crippen LogP contribution in [0.5, 0.6) is 5.75 Å². The molecule has 0 saturated carbocycles. The summed E-state index contributed by atoms with van der Waals surface area (Å²) in [6, 6.07) is 15.4. The van der Waals surface area contributed by atoms with Gasteiger partial charge < -0.3 is 14.4 Å². The predicted molar refractivity (Wildman–Crippen MR) is 123 cm³/mol. The zero-order valence-electron chi connectivity index (χ0n) is 18.4. The Kier molecular flexibility index (Phi) is 8.71. The smallest absolute Gasteiger partial charge is 0.240 e. The van der Waals surface area contributed by atoms with E-state index in [0.717, 1.165) is 44.7 Å². The van der Waals surface area contributed by atoms with Gasteiger partial charge in [0.1, 0.15) is 12.4 Å². The van der Waals surface area contributed by atoms with Gasteiger partial charge in [-0.05, 0) is 55.8 Å². The molecule has 7 nitrogen and oxygen atoms in total. The van der Waals surface area contributed by atoms with E-state index in [4.69, 9.17) is 9.47 Å². The number of methoxy groups -OCH3 is 1. The van der Waals surface area contributed by atoms with Crippen LogP contribution in [0.1, 0.15) is 12.0 Å². The molecule has 2 aromatic rings. The van der Waals surface area contributed by atoms with Gasteiger partial charge in [-0.2, -0.15) is 0 Å². The Hall–Kier alpha value is -2.13. The van der Waals surface area contributed by atoms with Crippen LogP contribution in [0.3, 0.4) is 0 Å². The number of sulfonamides is 1. The number of anilines is 1. The molecule has 0 aromatic heterocycles. The average Bonchev–Trinajstić information content (AvgIpc) is 2.79. The normalized spacial score (nSPS) is 15.2. The largest absolute Gasteiger partial charge is 0.491 e. The Morgan fingerprint density at radius 3 is 2.42 bits per heavy atom. The summed E-state index contributed by atoms with van der Waals surface area (Å²) in [7, 11) is -1.92. The van der Waals surface area contributed by atoms with Gasteiger partial charge in [0.25, 0.3) is 0 Å². The van der Waals surface area contributed by atoms with Gasteiger partial charge in [-0.15, -0.1) is 0 Å². The van der Waals surface area contributed by atoms with E-state index in [9.17, 15) is 8.42 Å². The highest BCUT2D eigenvalue weighted by molar-refractivity contribution is 7.89. The fourth-order valence-corrected chi connectivity index (χ4v) is 4.81. The standard InChI is InChI=1S/C23H33N3O4S/c1-20-19-22(9-10-23(20)30-18-17-29-2)31(27,28)24-11-6-12-25-13-15-26(16-14-25)21-7-4-3-5-8-21/h3-5,7-10,19,24H,6,11-18H2,1-2H3. The topological polar surface area (TPSA) is 71.1 Å². The molecule has 1 heterocycles. The molecule has 8 heteroatoms. The molecule has 0 aliphatic carbocycles. The van der Waals surface area contributed by atoms with Gasteiger partial charge in [0.15, 0.2) is 0 Å². The van der Waals surface area contributed by atoms with E-state index in [1.54, 1.807) is 25.3 Å². The first-order chi connectivity index (χ1) is 15.0. The molecule has 31 heavy (non-hydrogen) atoms. The van der Waals surface area contributed by atoms with E-state index >= 15 is 0 Å². The molecule has 170 valence electrons. The zero-order chi connectivity index (χ0) is 22.1. The van der Waals surface area contributed by atoms with E-state index in [1.807, 2.05) is 13.0 Å². The number of para-hydroxylation sites is 1. The van der Waals surface area contributed by atoms with Crippen molar-refractivity contribution in [1.82, 2.24) is 9.62 Å². The first kappa shape index (κ1) is 23.5.